The number of rotatable bonds is 4. The summed E-state index contributed by atoms with van der Waals surface area (Å²) in [5.41, 5.74) is 3.56. The van der Waals surface area contributed by atoms with Gasteiger partial charge in [0.15, 0.2) is 0 Å². The minimum atomic E-state index is 0.0486. The fraction of sp³-hybridized carbons (Fsp3) is 0.500. The highest BCUT2D eigenvalue weighted by atomic mass is 79.9. The Bertz CT molecular complexity index is 417. The van der Waals surface area contributed by atoms with Crippen LogP contribution < -0.4 is 5.32 Å². The Kier molecular flexibility index (Phi) is 4.21. The summed E-state index contributed by atoms with van der Waals surface area (Å²) < 4.78 is 0. The molecule has 2 nitrogen and oxygen atoms in total. The van der Waals surface area contributed by atoms with Crippen LogP contribution in [0.15, 0.2) is 18.2 Å². The highest BCUT2D eigenvalue weighted by molar-refractivity contribution is 9.09. The lowest BCUT2D eigenvalue weighted by Gasteiger charge is -2.10. The third kappa shape index (κ3) is 3.09. The Labute approximate surface area is 111 Å². The molecule has 0 radical (unpaired) electrons. The SMILES string of the molecule is CC(CBr)CNC(=O)c1ccc2c(c1)CCC2. The molecule has 0 heterocycles. The zero-order valence-corrected chi connectivity index (χ0v) is 11.7. The molecule has 1 amide bonds. The zero-order chi connectivity index (χ0) is 12.3. The van der Waals surface area contributed by atoms with Gasteiger partial charge in [0.1, 0.15) is 0 Å². The molecular weight excluding hydrogens is 278 g/mol. The lowest BCUT2D eigenvalue weighted by molar-refractivity contribution is 0.0949. The van der Waals surface area contributed by atoms with Gasteiger partial charge >= 0.3 is 0 Å². The van der Waals surface area contributed by atoms with Crippen LogP contribution in [0.4, 0.5) is 0 Å². The quantitative estimate of drug-likeness (QED) is 0.850. The number of hydrogen-bond donors (Lipinski definition) is 1. The first-order chi connectivity index (χ1) is 8.20. The Balaban J connectivity index is 2.00. The predicted octanol–water partition coefficient (Wildman–Crippen LogP) is 2.94. The third-order valence-corrected chi connectivity index (χ3v) is 4.34. The molecule has 0 bridgehead atoms. The molecule has 17 heavy (non-hydrogen) atoms. The molecule has 0 aliphatic heterocycles. The van der Waals surface area contributed by atoms with Gasteiger partial charge < -0.3 is 5.32 Å². The normalized spacial score (nSPS) is 15.4. The number of alkyl halides is 1. The summed E-state index contributed by atoms with van der Waals surface area (Å²) in [7, 11) is 0. The smallest absolute Gasteiger partial charge is 0.251 e. The van der Waals surface area contributed by atoms with Crippen LogP contribution in [-0.4, -0.2) is 17.8 Å². The Morgan fingerprint density at radius 3 is 2.94 bits per heavy atom. The number of fused-ring (bicyclic) bond motifs is 1. The van der Waals surface area contributed by atoms with E-state index in [1.165, 1.54) is 17.5 Å². The number of hydrogen-bond acceptors (Lipinski definition) is 1. The van der Waals surface area contributed by atoms with Gasteiger partial charge in [0.25, 0.3) is 5.91 Å². The number of halogens is 1. The van der Waals surface area contributed by atoms with Crippen LogP contribution in [0.5, 0.6) is 0 Å². The molecule has 1 aromatic rings. The molecule has 1 aliphatic carbocycles. The molecule has 92 valence electrons. The summed E-state index contributed by atoms with van der Waals surface area (Å²) >= 11 is 3.41. The van der Waals surface area contributed by atoms with Crippen LogP contribution in [0.1, 0.15) is 34.8 Å². The minimum Gasteiger partial charge on any atom is -0.352 e. The van der Waals surface area contributed by atoms with Crippen molar-refractivity contribution in [1.82, 2.24) is 5.32 Å². The van der Waals surface area contributed by atoms with Gasteiger partial charge in [-0.25, -0.2) is 0 Å². The fourth-order valence-corrected chi connectivity index (χ4v) is 2.37. The number of carbonyl (C=O) groups is 1. The lowest BCUT2D eigenvalue weighted by atomic mass is 10.1. The van der Waals surface area contributed by atoms with Crippen LogP contribution in [0.2, 0.25) is 0 Å². The zero-order valence-electron chi connectivity index (χ0n) is 10.1. The fourth-order valence-electron chi connectivity index (χ4n) is 2.14. The first kappa shape index (κ1) is 12.6. The van der Waals surface area contributed by atoms with Crippen molar-refractivity contribution in [3.05, 3.63) is 34.9 Å². The molecule has 2 rings (SSSR count). The number of aryl methyl sites for hydroxylation is 2. The number of amides is 1. The van der Waals surface area contributed by atoms with E-state index >= 15 is 0 Å². The van der Waals surface area contributed by atoms with E-state index in [0.29, 0.717) is 5.92 Å². The monoisotopic (exact) mass is 295 g/mol. The summed E-state index contributed by atoms with van der Waals surface area (Å²) in [4.78, 5) is 11.9. The summed E-state index contributed by atoms with van der Waals surface area (Å²) in [5, 5.41) is 3.89. The van der Waals surface area contributed by atoms with E-state index in [1.807, 2.05) is 6.07 Å². The molecule has 1 aromatic carbocycles. The van der Waals surface area contributed by atoms with Crippen molar-refractivity contribution < 1.29 is 4.79 Å². The van der Waals surface area contributed by atoms with E-state index in [0.717, 1.165) is 30.3 Å². The number of nitrogens with one attached hydrogen (secondary N) is 1. The Morgan fingerprint density at radius 1 is 1.41 bits per heavy atom. The second-order valence-corrected chi connectivity index (χ2v) is 5.45. The van der Waals surface area contributed by atoms with E-state index in [1.54, 1.807) is 0 Å². The average molecular weight is 296 g/mol. The van der Waals surface area contributed by atoms with Gasteiger partial charge in [-0.3, -0.25) is 4.79 Å². The second-order valence-electron chi connectivity index (χ2n) is 4.81. The van der Waals surface area contributed by atoms with E-state index in [4.69, 9.17) is 0 Å². The molecule has 0 saturated carbocycles. The maximum Gasteiger partial charge on any atom is 0.251 e. The van der Waals surface area contributed by atoms with Crippen LogP contribution in [0.3, 0.4) is 0 Å². The summed E-state index contributed by atoms with van der Waals surface area (Å²) in [6.07, 6.45) is 3.51. The highest BCUT2D eigenvalue weighted by Gasteiger charge is 2.14. The summed E-state index contributed by atoms with van der Waals surface area (Å²) in [6.45, 7) is 2.83. The van der Waals surface area contributed by atoms with E-state index < -0.39 is 0 Å². The highest BCUT2D eigenvalue weighted by Crippen LogP contribution is 2.22. The lowest BCUT2D eigenvalue weighted by Crippen LogP contribution is -2.28. The van der Waals surface area contributed by atoms with E-state index in [2.05, 4.69) is 40.3 Å². The Morgan fingerprint density at radius 2 is 2.18 bits per heavy atom. The van der Waals surface area contributed by atoms with Gasteiger partial charge in [0.05, 0.1) is 0 Å². The van der Waals surface area contributed by atoms with E-state index in [9.17, 15) is 4.79 Å². The maximum atomic E-state index is 11.9. The van der Waals surface area contributed by atoms with Gasteiger partial charge in [0.2, 0.25) is 0 Å². The Hall–Kier alpha value is -0.830. The molecule has 1 aliphatic rings. The average Bonchev–Trinajstić information content (AvgIpc) is 2.82. The minimum absolute atomic E-state index is 0.0486. The van der Waals surface area contributed by atoms with E-state index in [-0.39, 0.29) is 5.91 Å². The topological polar surface area (TPSA) is 29.1 Å². The second kappa shape index (κ2) is 5.67. The first-order valence-corrected chi connectivity index (χ1v) is 7.29. The van der Waals surface area contributed by atoms with Crippen molar-refractivity contribution in [1.29, 1.82) is 0 Å². The van der Waals surface area contributed by atoms with Crippen molar-refractivity contribution in [3.63, 3.8) is 0 Å². The van der Waals surface area contributed by atoms with Crippen LogP contribution >= 0.6 is 15.9 Å². The van der Waals surface area contributed by atoms with Gasteiger partial charge in [-0.05, 0) is 48.4 Å². The predicted molar refractivity (Wildman–Crippen MR) is 73.8 cm³/mol. The molecule has 0 fully saturated rings. The molecule has 0 aromatic heterocycles. The summed E-state index contributed by atoms with van der Waals surface area (Å²) in [5.74, 6) is 0.515. The van der Waals surface area contributed by atoms with Crippen molar-refractivity contribution >= 4 is 21.8 Å². The first-order valence-electron chi connectivity index (χ1n) is 6.16. The molecule has 0 saturated heterocycles. The largest absolute Gasteiger partial charge is 0.352 e. The van der Waals surface area contributed by atoms with Crippen molar-refractivity contribution in [2.24, 2.45) is 5.92 Å². The maximum absolute atomic E-state index is 11.9. The van der Waals surface area contributed by atoms with Crippen molar-refractivity contribution in [2.45, 2.75) is 26.2 Å². The van der Waals surface area contributed by atoms with Crippen LogP contribution in [0.25, 0.3) is 0 Å². The molecule has 3 heteroatoms. The van der Waals surface area contributed by atoms with Gasteiger partial charge in [-0.2, -0.15) is 0 Å². The molecular formula is C14H18BrNO. The molecule has 1 N–H and O–H groups in total. The number of carbonyl (C=O) groups excluding carboxylic acids is 1. The van der Waals surface area contributed by atoms with Gasteiger partial charge in [-0.1, -0.05) is 28.9 Å². The molecule has 0 spiro atoms. The number of benzene rings is 1. The standard InChI is InChI=1S/C14H18BrNO/c1-10(8-15)9-16-14(17)13-6-5-11-3-2-4-12(11)7-13/h5-7,10H,2-4,8-9H2,1H3,(H,16,17). The summed E-state index contributed by atoms with van der Waals surface area (Å²) in [6, 6.07) is 6.10. The third-order valence-electron chi connectivity index (χ3n) is 3.24. The molecule has 1 unspecified atom stereocenters. The van der Waals surface area contributed by atoms with Gasteiger partial charge in [0, 0.05) is 17.4 Å². The van der Waals surface area contributed by atoms with Gasteiger partial charge in [-0.15, -0.1) is 0 Å². The molecule has 1 atom stereocenters. The van der Waals surface area contributed by atoms with Crippen molar-refractivity contribution in [3.8, 4) is 0 Å². The van der Waals surface area contributed by atoms with Crippen LogP contribution in [-0.2, 0) is 12.8 Å². The van der Waals surface area contributed by atoms with Crippen LogP contribution in [0, 0.1) is 5.92 Å². The van der Waals surface area contributed by atoms with Crippen molar-refractivity contribution in [2.75, 3.05) is 11.9 Å².